The first kappa shape index (κ1) is 17.1. The van der Waals surface area contributed by atoms with Gasteiger partial charge < -0.3 is 9.64 Å². The zero-order chi connectivity index (χ0) is 17.7. The molecule has 0 N–H and O–H groups in total. The predicted molar refractivity (Wildman–Crippen MR) is 88.4 cm³/mol. The van der Waals surface area contributed by atoms with Gasteiger partial charge in [0.1, 0.15) is 5.75 Å². The lowest BCUT2D eigenvalue weighted by Gasteiger charge is -2.17. The smallest absolute Gasteiger partial charge is 0.269 e. The molecular formula is C17H16N2O5. The normalized spacial score (nSPS) is 10.1. The molecule has 0 fully saturated rings. The number of nitrogens with zero attached hydrogens (tertiary/aromatic N) is 2. The number of Topliss-reactive ketones (excluding diaryl/α,β-unsaturated/α-hetero) is 1. The van der Waals surface area contributed by atoms with Crippen LogP contribution >= 0.6 is 0 Å². The summed E-state index contributed by atoms with van der Waals surface area (Å²) in [4.78, 5) is 34.8. The molecule has 0 saturated heterocycles. The van der Waals surface area contributed by atoms with Crippen LogP contribution in [-0.4, -0.2) is 30.3 Å². The van der Waals surface area contributed by atoms with Crippen molar-refractivity contribution in [2.45, 2.75) is 6.92 Å². The monoisotopic (exact) mass is 328 g/mol. The molecule has 0 aromatic heterocycles. The van der Waals surface area contributed by atoms with E-state index in [2.05, 4.69) is 0 Å². The van der Waals surface area contributed by atoms with Gasteiger partial charge in [-0.2, -0.15) is 0 Å². The first-order valence-electron chi connectivity index (χ1n) is 7.13. The maximum Gasteiger partial charge on any atom is 0.269 e. The van der Waals surface area contributed by atoms with Crippen molar-refractivity contribution in [2.75, 3.05) is 18.6 Å². The molecule has 0 saturated carbocycles. The lowest BCUT2D eigenvalue weighted by Crippen LogP contribution is -2.31. The van der Waals surface area contributed by atoms with Crippen LogP contribution in [-0.2, 0) is 4.79 Å². The first-order valence-corrected chi connectivity index (χ1v) is 7.13. The maximum absolute atomic E-state index is 12.1. The van der Waals surface area contributed by atoms with Gasteiger partial charge in [0.15, 0.2) is 12.4 Å². The summed E-state index contributed by atoms with van der Waals surface area (Å²) in [5, 5.41) is 10.6. The fraction of sp³-hybridized carbons (Fsp3) is 0.176. The number of carbonyl (C=O) groups is 2. The Morgan fingerprint density at radius 1 is 1.08 bits per heavy atom. The zero-order valence-corrected chi connectivity index (χ0v) is 13.3. The van der Waals surface area contributed by atoms with E-state index in [1.807, 2.05) is 0 Å². The predicted octanol–water partition coefficient (Wildman–Crippen LogP) is 2.84. The molecule has 0 aliphatic rings. The third-order valence-electron chi connectivity index (χ3n) is 3.45. The Hall–Kier alpha value is -3.22. The summed E-state index contributed by atoms with van der Waals surface area (Å²) in [5.41, 5.74) is 1.05. The molecule has 0 spiro atoms. The molecule has 24 heavy (non-hydrogen) atoms. The van der Waals surface area contributed by atoms with Crippen molar-refractivity contribution in [3.8, 4) is 5.75 Å². The Balaban J connectivity index is 1.96. The number of ketones is 1. The van der Waals surface area contributed by atoms with Crippen LogP contribution in [0.1, 0.15) is 17.3 Å². The summed E-state index contributed by atoms with van der Waals surface area (Å²) in [7, 11) is 1.56. The van der Waals surface area contributed by atoms with E-state index in [1.54, 1.807) is 31.3 Å². The van der Waals surface area contributed by atoms with E-state index in [0.29, 0.717) is 17.0 Å². The summed E-state index contributed by atoms with van der Waals surface area (Å²) in [6.07, 6.45) is 0. The number of carbonyl (C=O) groups excluding carboxylic acids is 2. The van der Waals surface area contributed by atoms with Crippen LogP contribution in [0.25, 0.3) is 0 Å². The lowest BCUT2D eigenvalue weighted by molar-refractivity contribution is -0.384. The molecule has 2 aromatic carbocycles. The Bertz CT molecular complexity index is 754. The van der Waals surface area contributed by atoms with Crippen LogP contribution < -0.4 is 9.64 Å². The van der Waals surface area contributed by atoms with Crippen LogP contribution in [0.5, 0.6) is 5.75 Å². The lowest BCUT2D eigenvalue weighted by atomic mass is 10.1. The number of amides is 1. The van der Waals surface area contributed by atoms with Gasteiger partial charge in [-0.3, -0.25) is 19.7 Å². The van der Waals surface area contributed by atoms with Gasteiger partial charge in [0.25, 0.3) is 11.6 Å². The molecule has 0 bridgehead atoms. The Morgan fingerprint density at radius 2 is 1.67 bits per heavy atom. The molecule has 0 radical (unpaired) electrons. The average molecular weight is 328 g/mol. The quantitative estimate of drug-likeness (QED) is 0.462. The fourth-order valence-electron chi connectivity index (χ4n) is 1.97. The summed E-state index contributed by atoms with van der Waals surface area (Å²) >= 11 is 0. The minimum atomic E-state index is -0.501. The van der Waals surface area contributed by atoms with Gasteiger partial charge in [-0.15, -0.1) is 0 Å². The topological polar surface area (TPSA) is 89.8 Å². The molecule has 0 aliphatic carbocycles. The number of benzene rings is 2. The molecule has 2 rings (SSSR count). The third-order valence-corrected chi connectivity index (χ3v) is 3.45. The van der Waals surface area contributed by atoms with Crippen molar-refractivity contribution in [1.29, 1.82) is 0 Å². The van der Waals surface area contributed by atoms with Gasteiger partial charge in [-0.05, 0) is 43.3 Å². The van der Waals surface area contributed by atoms with Crippen LogP contribution in [0.3, 0.4) is 0 Å². The molecule has 0 atom stereocenters. The zero-order valence-electron chi connectivity index (χ0n) is 13.3. The highest BCUT2D eigenvalue weighted by molar-refractivity contribution is 5.94. The molecule has 0 heterocycles. The minimum Gasteiger partial charge on any atom is -0.484 e. The van der Waals surface area contributed by atoms with E-state index < -0.39 is 4.92 Å². The summed E-state index contributed by atoms with van der Waals surface area (Å²) in [5.74, 6) is 0.125. The number of rotatable bonds is 6. The molecule has 0 aliphatic heterocycles. The summed E-state index contributed by atoms with van der Waals surface area (Å²) in [6.45, 7) is 1.28. The third kappa shape index (κ3) is 4.16. The molecule has 7 nitrogen and oxygen atoms in total. The second kappa shape index (κ2) is 7.36. The van der Waals surface area contributed by atoms with Gasteiger partial charge in [0, 0.05) is 30.4 Å². The second-order valence-electron chi connectivity index (χ2n) is 5.10. The second-order valence-corrected chi connectivity index (χ2v) is 5.10. The number of non-ortho nitro benzene ring substituents is 1. The van der Waals surface area contributed by atoms with Crippen molar-refractivity contribution in [3.05, 3.63) is 64.2 Å². The highest BCUT2D eigenvalue weighted by Crippen LogP contribution is 2.19. The van der Waals surface area contributed by atoms with Gasteiger partial charge in [-0.25, -0.2) is 0 Å². The van der Waals surface area contributed by atoms with E-state index in [4.69, 9.17) is 4.74 Å². The molecule has 1 amide bonds. The molecule has 124 valence electrons. The van der Waals surface area contributed by atoms with Crippen molar-refractivity contribution >= 4 is 23.1 Å². The number of ether oxygens (including phenoxy) is 1. The number of hydrogen-bond acceptors (Lipinski definition) is 5. The minimum absolute atomic E-state index is 0.0404. The standard InChI is InChI=1S/C17H16N2O5/c1-12(20)13-3-9-16(10-4-13)24-11-17(21)18(2)14-5-7-15(8-6-14)19(22)23/h3-10H,11H2,1-2H3. The van der Waals surface area contributed by atoms with Gasteiger partial charge >= 0.3 is 0 Å². The fourth-order valence-corrected chi connectivity index (χ4v) is 1.97. The van der Waals surface area contributed by atoms with E-state index >= 15 is 0 Å². The van der Waals surface area contributed by atoms with E-state index in [0.717, 1.165) is 0 Å². The van der Waals surface area contributed by atoms with Crippen molar-refractivity contribution in [3.63, 3.8) is 0 Å². The molecule has 2 aromatic rings. The van der Waals surface area contributed by atoms with Crippen molar-refractivity contribution < 1.29 is 19.2 Å². The highest BCUT2D eigenvalue weighted by atomic mass is 16.6. The van der Waals surface area contributed by atoms with E-state index in [1.165, 1.54) is 36.1 Å². The number of nitro benzene ring substituents is 1. The van der Waals surface area contributed by atoms with Crippen molar-refractivity contribution in [1.82, 2.24) is 0 Å². The number of likely N-dealkylation sites (N-methyl/N-ethyl adjacent to an activating group) is 1. The van der Waals surface area contributed by atoms with Crippen LogP contribution in [0.2, 0.25) is 0 Å². The van der Waals surface area contributed by atoms with Crippen LogP contribution in [0, 0.1) is 10.1 Å². The number of nitro groups is 1. The molecular weight excluding hydrogens is 312 g/mol. The average Bonchev–Trinajstić information content (AvgIpc) is 2.59. The highest BCUT2D eigenvalue weighted by Gasteiger charge is 2.13. The molecule has 7 heteroatoms. The van der Waals surface area contributed by atoms with Crippen LogP contribution in [0.15, 0.2) is 48.5 Å². The number of hydrogen-bond donors (Lipinski definition) is 0. The summed E-state index contributed by atoms with van der Waals surface area (Å²) in [6, 6.07) is 12.2. The Labute approximate surface area is 138 Å². The summed E-state index contributed by atoms with van der Waals surface area (Å²) < 4.78 is 5.40. The maximum atomic E-state index is 12.1. The first-order chi connectivity index (χ1) is 11.4. The van der Waals surface area contributed by atoms with Crippen molar-refractivity contribution in [2.24, 2.45) is 0 Å². The SMILES string of the molecule is CC(=O)c1ccc(OCC(=O)N(C)c2ccc([N+](=O)[O-])cc2)cc1. The van der Waals surface area contributed by atoms with Gasteiger partial charge in [0.2, 0.25) is 0 Å². The molecule has 0 unspecified atom stereocenters. The largest absolute Gasteiger partial charge is 0.484 e. The van der Waals surface area contributed by atoms with E-state index in [9.17, 15) is 19.7 Å². The van der Waals surface area contributed by atoms with Gasteiger partial charge in [-0.1, -0.05) is 0 Å². The Morgan fingerprint density at radius 3 is 2.17 bits per heavy atom. The number of anilines is 1. The van der Waals surface area contributed by atoms with Gasteiger partial charge in [0.05, 0.1) is 4.92 Å². The van der Waals surface area contributed by atoms with E-state index in [-0.39, 0.29) is 24.0 Å². The Kier molecular flexibility index (Phi) is 5.26. The van der Waals surface area contributed by atoms with Crippen LogP contribution in [0.4, 0.5) is 11.4 Å².